The molecule has 1 aliphatic rings. The van der Waals surface area contributed by atoms with Crippen LogP contribution in [0.3, 0.4) is 0 Å². The van der Waals surface area contributed by atoms with Crippen LogP contribution in [-0.4, -0.2) is 17.8 Å². The van der Waals surface area contributed by atoms with Gasteiger partial charge in [0.15, 0.2) is 0 Å². The van der Waals surface area contributed by atoms with Gasteiger partial charge in [-0.05, 0) is 36.6 Å². The summed E-state index contributed by atoms with van der Waals surface area (Å²) in [4.78, 5) is 0. The lowest BCUT2D eigenvalue weighted by Crippen LogP contribution is -2.23. The van der Waals surface area contributed by atoms with Gasteiger partial charge in [0.05, 0.1) is 0 Å². The molecule has 0 amide bonds. The third-order valence-corrected chi connectivity index (χ3v) is 3.00. The first-order valence-electron chi connectivity index (χ1n) is 4.85. The molecule has 3 heteroatoms. The number of hydrogen-bond donors (Lipinski definition) is 1. The number of rotatable bonds is 2. The van der Waals surface area contributed by atoms with Gasteiger partial charge in [-0.15, -0.1) is 0 Å². The highest BCUT2D eigenvalue weighted by atomic mass is 79.9. The Balaban J connectivity index is 2.15. The summed E-state index contributed by atoms with van der Waals surface area (Å²) in [5, 5.41) is 8.82. The van der Waals surface area contributed by atoms with Crippen molar-refractivity contribution in [2.24, 2.45) is 0 Å². The van der Waals surface area contributed by atoms with Gasteiger partial charge < -0.3 is 9.84 Å². The highest BCUT2D eigenvalue weighted by molar-refractivity contribution is 9.10. The average molecular weight is 257 g/mol. The fourth-order valence-electron chi connectivity index (χ4n) is 1.76. The smallest absolute Gasteiger partial charge is 0.122 e. The van der Waals surface area contributed by atoms with Crippen molar-refractivity contribution in [2.45, 2.75) is 25.4 Å². The molecule has 0 radical (unpaired) electrons. The Labute approximate surface area is 92.0 Å². The highest BCUT2D eigenvalue weighted by Crippen LogP contribution is 2.30. The molecule has 2 nitrogen and oxygen atoms in total. The van der Waals surface area contributed by atoms with Crippen LogP contribution in [-0.2, 0) is 6.42 Å². The summed E-state index contributed by atoms with van der Waals surface area (Å²) in [6.45, 7) is 0.205. The Hall–Kier alpha value is -0.540. The van der Waals surface area contributed by atoms with Crippen LogP contribution in [0.4, 0.5) is 0 Å². The number of aliphatic hydroxyl groups excluding tert-OH is 1. The second-order valence-corrected chi connectivity index (χ2v) is 4.46. The summed E-state index contributed by atoms with van der Waals surface area (Å²) in [6.07, 6.45) is 2.97. The van der Waals surface area contributed by atoms with E-state index in [2.05, 4.69) is 22.0 Å². The lowest BCUT2D eigenvalue weighted by atomic mass is 10.0. The number of aliphatic hydroxyl groups is 1. The second kappa shape index (κ2) is 4.32. The zero-order chi connectivity index (χ0) is 9.97. The van der Waals surface area contributed by atoms with Gasteiger partial charge in [0.2, 0.25) is 0 Å². The molecule has 14 heavy (non-hydrogen) atoms. The molecule has 1 aromatic rings. The normalized spacial score (nSPS) is 20.0. The van der Waals surface area contributed by atoms with Gasteiger partial charge in [0, 0.05) is 17.5 Å². The SMILES string of the molecule is OCC[C@H]1CCc2cc(Br)ccc2O1. The fraction of sp³-hybridized carbons (Fsp3) is 0.455. The molecule has 0 unspecified atom stereocenters. The predicted octanol–water partition coefficient (Wildman–Crippen LogP) is 2.53. The molecular weight excluding hydrogens is 244 g/mol. The molecule has 2 rings (SSSR count). The van der Waals surface area contributed by atoms with Crippen molar-refractivity contribution < 1.29 is 9.84 Å². The molecule has 1 N–H and O–H groups in total. The summed E-state index contributed by atoms with van der Waals surface area (Å²) < 4.78 is 6.84. The van der Waals surface area contributed by atoms with Crippen LogP contribution in [0.25, 0.3) is 0 Å². The molecule has 1 aliphatic heterocycles. The maximum Gasteiger partial charge on any atom is 0.122 e. The largest absolute Gasteiger partial charge is 0.490 e. The lowest BCUT2D eigenvalue weighted by molar-refractivity contribution is 0.134. The van der Waals surface area contributed by atoms with Gasteiger partial charge in [0.25, 0.3) is 0 Å². The summed E-state index contributed by atoms with van der Waals surface area (Å²) in [5.74, 6) is 0.970. The zero-order valence-electron chi connectivity index (χ0n) is 7.87. The number of fused-ring (bicyclic) bond motifs is 1. The molecule has 0 spiro atoms. The summed E-state index contributed by atoms with van der Waals surface area (Å²) in [7, 11) is 0. The van der Waals surface area contributed by atoms with Gasteiger partial charge in [-0.2, -0.15) is 0 Å². The fourth-order valence-corrected chi connectivity index (χ4v) is 2.17. The van der Waals surface area contributed by atoms with E-state index < -0.39 is 0 Å². The number of ether oxygens (including phenoxy) is 1. The molecule has 0 aromatic heterocycles. The Morgan fingerprint density at radius 2 is 2.36 bits per heavy atom. The first kappa shape index (κ1) is 9.99. The Kier molecular flexibility index (Phi) is 3.08. The van der Waals surface area contributed by atoms with Crippen molar-refractivity contribution in [3.63, 3.8) is 0 Å². The van der Waals surface area contributed by atoms with E-state index in [9.17, 15) is 0 Å². The van der Waals surface area contributed by atoms with Crippen LogP contribution in [0, 0.1) is 0 Å². The summed E-state index contributed by atoms with van der Waals surface area (Å²) in [6, 6.07) is 6.08. The first-order valence-corrected chi connectivity index (χ1v) is 5.65. The van der Waals surface area contributed by atoms with Crippen molar-refractivity contribution in [2.75, 3.05) is 6.61 Å². The van der Waals surface area contributed by atoms with Crippen molar-refractivity contribution >= 4 is 15.9 Å². The summed E-state index contributed by atoms with van der Waals surface area (Å²) in [5.41, 5.74) is 1.26. The number of hydrogen-bond acceptors (Lipinski definition) is 2. The highest BCUT2D eigenvalue weighted by Gasteiger charge is 2.18. The molecule has 1 heterocycles. The first-order chi connectivity index (χ1) is 6.79. The van der Waals surface area contributed by atoms with Crippen molar-refractivity contribution in [3.05, 3.63) is 28.2 Å². The van der Waals surface area contributed by atoms with E-state index >= 15 is 0 Å². The van der Waals surface area contributed by atoms with Crippen LogP contribution in [0.5, 0.6) is 5.75 Å². The molecular formula is C11H13BrO2. The zero-order valence-corrected chi connectivity index (χ0v) is 9.46. The number of halogens is 1. The Morgan fingerprint density at radius 1 is 1.50 bits per heavy atom. The molecule has 0 aliphatic carbocycles. The Bertz CT molecular complexity index is 325. The molecule has 0 fully saturated rings. The van der Waals surface area contributed by atoms with Gasteiger partial charge in [-0.3, -0.25) is 0 Å². The van der Waals surface area contributed by atoms with Crippen molar-refractivity contribution in [1.82, 2.24) is 0 Å². The lowest BCUT2D eigenvalue weighted by Gasteiger charge is -2.25. The quantitative estimate of drug-likeness (QED) is 0.882. The average Bonchev–Trinajstić information content (AvgIpc) is 2.19. The van der Waals surface area contributed by atoms with E-state index in [1.165, 1.54) is 5.56 Å². The number of benzene rings is 1. The van der Waals surface area contributed by atoms with Gasteiger partial charge in [-0.25, -0.2) is 0 Å². The van der Waals surface area contributed by atoms with E-state index in [4.69, 9.17) is 9.84 Å². The molecule has 76 valence electrons. The van der Waals surface area contributed by atoms with E-state index in [-0.39, 0.29) is 12.7 Å². The molecule has 1 aromatic carbocycles. The van der Waals surface area contributed by atoms with E-state index in [1.54, 1.807) is 0 Å². The van der Waals surface area contributed by atoms with E-state index in [0.29, 0.717) is 0 Å². The van der Waals surface area contributed by atoms with Gasteiger partial charge in [0.1, 0.15) is 11.9 Å². The van der Waals surface area contributed by atoms with Crippen LogP contribution >= 0.6 is 15.9 Å². The minimum atomic E-state index is 0.189. The van der Waals surface area contributed by atoms with Crippen LogP contribution in [0.2, 0.25) is 0 Å². The second-order valence-electron chi connectivity index (χ2n) is 3.54. The van der Waals surface area contributed by atoms with Crippen molar-refractivity contribution in [1.29, 1.82) is 0 Å². The van der Waals surface area contributed by atoms with Crippen LogP contribution in [0.1, 0.15) is 18.4 Å². The van der Waals surface area contributed by atoms with Crippen LogP contribution in [0.15, 0.2) is 22.7 Å². The van der Waals surface area contributed by atoms with Gasteiger partial charge in [-0.1, -0.05) is 15.9 Å². The predicted molar refractivity (Wildman–Crippen MR) is 58.6 cm³/mol. The molecule has 0 saturated heterocycles. The third kappa shape index (κ3) is 2.10. The maximum absolute atomic E-state index is 8.82. The molecule has 0 saturated carbocycles. The van der Waals surface area contributed by atoms with E-state index in [1.807, 2.05) is 12.1 Å². The van der Waals surface area contributed by atoms with E-state index in [0.717, 1.165) is 29.5 Å². The third-order valence-electron chi connectivity index (χ3n) is 2.50. The standard InChI is InChI=1S/C11H13BrO2/c12-9-2-4-11-8(7-9)1-3-10(14-11)5-6-13/h2,4,7,10,13H,1,3,5-6H2/t10-/m1/s1. The maximum atomic E-state index is 8.82. The van der Waals surface area contributed by atoms with Crippen molar-refractivity contribution in [3.8, 4) is 5.75 Å². The minimum Gasteiger partial charge on any atom is -0.490 e. The number of aryl methyl sites for hydroxylation is 1. The summed E-state index contributed by atoms with van der Waals surface area (Å²) >= 11 is 3.44. The van der Waals surface area contributed by atoms with Crippen LogP contribution < -0.4 is 4.74 Å². The molecule has 0 bridgehead atoms. The monoisotopic (exact) mass is 256 g/mol. The molecule has 1 atom stereocenters. The minimum absolute atomic E-state index is 0.189. The topological polar surface area (TPSA) is 29.5 Å². The van der Waals surface area contributed by atoms with Gasteiger partial charge >= 0.3 is 0 Å². The Morgan fingerprint density at radius 3 is 3.14 bits per heavy atom.